The molecule has 0 N–H and O–H groups in total. The number of hydrogen-bond donors (Lipinski definition) is 0. The normalized spacial score (nSPS) is 15.7. The fraction of sp³-hybridized carbons (Fsp3) is 0. The van der Waals surface area contributed by atoms with Gasteiger partial charge in [-0.1, -0.05) is 13.2 Å². The Bertz CT molecular complexity index is 145. The first-order valence-corrected chi connectivity index (χ1v) is 6.02. The van der Waals surface area contributed by atoms with Crippen molar-refractivity contribution in [3.8, 4) is 0 Å². The smallest absolute Gasteiger partial charge is 0.397 e. The Morgan fingerprint density at radius 3 is 2.56 bits per heavy atom. The van der Waals surface area contributed by atoms with Crippen molar-refractivity contribution in [3.63, 3.8) is 0 Å². The predicted molar refractivity (Wildman–Crippen MR) is 42.5 cm³/mol. The highest BCUT2D eigenvalue weighted by Crippen LogP contribution is 2.64. The predicted octanol–water partition coefficient (Wildman–Crippen LogP) is 3.37. The topological polar surface area (TPSA) is 26.3 Å². The summed E-state index contributed by atoms with van der Waals surface area (Å²) in [5.41, 5.74) is 0. The van der Waals surface area contributed by atoms with Crippen LogP contribution in [-0.4, -0.2) is 0 Å². The Morgan fingerprint density at radius 2 is 2.22 bits per heavy atom. The Hall–Kier alpha value is 0.150. The molecule has 0 saturated carbocycles. The number of rotatable bonds is 4. The first-order chi connectivity index (χ1) is 4.12. The Kier molecular flexibility index (Phi) is 4.11. The van der Waals surface area contributed by atoms with Crippen molar-refractivity contribution in [1.82, 2.24) is 0 Å². The van der Waals surface area contributed by atoms with Gasteiger partial charge < -0.3 is 4.52 Å². The van der Waals surface area contributed by atoms with Crippen LogP contribution in [0.25, 0.3) is 0 Å². The molecular weight excluding hydrogens is 179 g/mol. The van der Waals surface area contributed by atoms with Gasteiger partial charge in [0.2, 0.25) is 0 Å². The van der Waals surface area contributed by atoms with Crippen LogP contribution in [0.1, 0.15) is 0 Å². The van der Waals surface area contributed by atoms with Crippen LogP contribution in [0.2, 0.25) is 0 Å². The van der Waals surface area contributed by atoms with Gasteiger partial charge in [0.05, 0.1) is 6.26 Å². The lowest BCUT2D eigenvalue weighted by atomic mass is 11.2. The summed E-state index contributed by atoms with van der Waals surface area (Å²) in [6.07, 6.45) is 1.05. The van der Waals surface area contributed by atoms with Crippen LogP contribution in [0, 0.1) is 0 Å². The first kappa shape index (κ1) is 9.15. The largest absolute Gasteiger partial charge is 0.434 e. The fourth-order valence-electron chi connectivity index (χ4n) is 0.203. The van der Waals surface area contributed by atoms with Crippen LogP contribution in [0.4, 0.5) is 0 Å². The van der Waals surface area contributed by atoms with Gasteiger partial charge in [0.15, 0.2) is 0 Å². The second kappa shape index (κ2) is 4.04. The average molecular weight is 185 g/mol. The molecule has 0 aliphatic carbocycles. The summed E-state index contributed by atoms with van der Waals surface area (Å²) in [6.45, 7) is 6.52. The zero-order valence-electron chi connectivity index (χ0n) is 4.62. The van der Waals surface area contributed by atoms with Gasteiger partial charge in [-0.3, -0.25) is 0 Å². The molecule has 0 spiro atoms. The van der Waals surface area contributed by atoms with E-state index in [2.05, 4.69) is 17.7 Å². The summed E-state index contributed by atoms with van der Waals surface area (Å²) >= 11 is 6.14. The summed E-state index contributed by atoms with van der Waals surface area (Å²) < 4.78 is 15.2. The third kappa shape index (κ3) is 4.64. The summed E-state index contributed by atoms with van der Waals surface area (Å²) in [4.78, 5) is 0. The SMILES string of the molecule is C=COP(=O)(Cl)SC=C. The van der Waals surface area contributed by atoms with E-state index in [4.69, 9.17) is 11.2 Å². The van der Waals surface area contributed by atoms with Crippen LogP contribution in [0.5, 0.6) is 0 Å². The van der Waals surface area contributed by atoms with Gasteiger partial charge >= 0.3 is 5.92 Å². The van der Waals surface area contributed by atoms with Crippen LogP contribution < -0.4 is 0 Å². The Balaban J connectivity index is 3.85. The van der Waals surface area contributed by atoms with Gasteiger partial charge in [0.25, 0.3) is 0 Å². The molecule has 9 heavy (non-hydrogen) atoms. The molecule has 1 atom stereocenters. The van der Waals surface area contributed by atoms with Crippen molar-refractivity contribution in [1.29, 1.82) is 0 Å². The molecular formula is C4H6ClO2PS. The lowest BCUT2D eigenvalue weighted by Gasteiger charge is -2.02. The van der Waals surface area contributed by atoms with E-state index in [0.29, 0.717) is 0 Å². The van der Waals surface area contributed by atoms with Crippen molar-refractivity contribution >= 4 is 28.5 Å². The minimum atomic E-state index is -3.04. The Morgan fingerprint density at radius 1 is 1.67 bits per heavy atom. The zero-order chi connectivity index (χ0) is 7.33. The van der Waals surface area contributed by atoms with E-state index in [0.717, 1.165) is 17.6 Å². The molecule has 0 radical (unpaired) electrons. The summed E-state index contributed by atoms with van der Waals surface area (Å²) in [5, 5.41) is 1.36. The lowest BCUT2D eigenvalue weighted by molar-refractivity contribution is 0.473. The third-order valence-electron chi connectivity index (χ3n) is 0.401. The molecule has 0 aromatic carbocycles. The summed E-state index contributed by atoms with van der Waals surface area (Å²) in [6, 6.07) is 0. The fourth-order valence-corrected chi connectivity index (χ4v) is 2.15. The molecule has 0 fully saturated rings. The zero-order valence-corrected chi connectivity index (χ0v) is 7.09. The van der Waals surface area contributed by atoms with E-state index in [1.165, 1.54) is 5.41 Å². The van der Waals surface area contributed by atoms with Gasteiger partial charge in [-0.05, 0) is 28.0 Å². The van der Waals surface area contributed by atoms with Crippen molar-refractivity contribution < 1.29 is 9.09 Å². The van der Waals surface area contributed by atoms with Gasteiger partial charge in [-0.25, -0.2) is 4.57 Å². The van der Waals surface area contributed by atoms with Crippen LogP contribution in [0.15, 0.2) is 24.8 Å². The van der Waals surface area contributed by atoms with E-state index < -0.39 is 5.92 Å². The van der Waals surface area contributed by atoms with Crippen molar-refractivity contribution in [2.24, 2.45) is 0 Å². The average Bonchev–Trinajstić information content (AvgIpc) is 1.64. The van der Waals surface area contributed by atoms with Crippen LogP contribution >= 0.6 is 28.5 Å². The Labute approximate surface area is 62.9 Å². The number of hydrogen-bond acceptors (Lipinski definition) is 3. The van der Waals surface area contributed by atoms with Gasteiger partial charge in [0, 0.05) is 0 Å². The second-order valence-electron chi connectivity index (χ2n) is 0.975. The van der Waals surface area contributed by atoms with Crippen LogP contribution in [0.3, 0.4) is 0 Å². The highest BCUT2D eigenvalue weighted by atomic mass is 35.7. The van der Waals surface area contributed by atoms with E-state index in [1.807, 2.05) is 0 Å². The third-order valence-corrected chi connectivity index (χ3v) is 3.62. The van der Waals surface area contributed by atoms with Gasteiger partial charge in [0.1, 0.15) is 0 Å². The van der Waals surface area contributed by atoms with E-state index in [1.54, 1.807) is 0 Å². The first-order valence-electron chi connectivity index (χ1n) is 2.00. The second-order valence-corrected chi connectivity index (χ2v) is 6.60. The van der Waals surface area contributed by atoms with Crippen molar-refractivity contribution in [3.05, 3.63) is 24.8 Å². The molecule has 0 bridgehead atoms. The molecule has 0 aliphatic heterocycles. The molecule has 0 saturated heterocycles. The maximum Gasteiger partial charge on any atom is 0.397 e. The van der Waals surface area contributed by atoms with E-state index in [-0.39, 0.29) is 0 Å². The molecule has 1 unspecified atom stereocenters. The molecule has 2 nitrogen and oxygen atoms in total. The molecule has 52 valence electrons. The van der Waals surface area contributed by atoms with Crippen molar-refractivity contribution in [2.45, 2.75) is 0 Å². The van der Waals surface area contributed by atoms with Gasteiger partial charge in [-0.2, -0.15) is 0 Å². The molecule has 5 heteroatoms. The van der Waals surface area contributed by atoms with E-state index >= 15 is 0 Å². The number of halogens is 1. The molecule has 0 rings (SSSR count). The maximum absolute atomic E-state index is 10.8. The quantitative estimate of drug-likeness (QED) is 0.495. The maximum atomic E-state index is 10.8. The minimum absolute atomic E-state index is 0.850. The minimum Gasteiger partial charge on any atom is -0.434 e. The highest BCUT2D eigenvalue weighted by Gasteiger charge is 2.16. The monoisotopic (exact) mass is 184 g/mol. The summed E-state index contributed by atoms with van der Waals surface area (Å²) in [5.74, 6) is -3.04. The van der Waals surface area contributed by atoms with Crippen LogP contribution in [-0.2, 0) is 9.09 Å². The van der Waals surface area contributed by atoms with Gasteiger partial charge in [-0.15, -0.1) is 0 Å². The molecule has 0 heterocycles. The molecule has 0 aliphatic rings. The lowest BCUT2D eigenvalue weighted by Crippen LogP contribution is -1.63. The molecule has 0 amide bonds. The highest BCUT2D eigenvalue weighted by molar-refractivity contribution is 8.65. The van der Waals surface area contributed by atoms with Crippen molar-refractivity contribution in [2.75, 3.05) is 0 Å². The van der Waals surface area contributed by atoms with E-state index in [9.17, 15) is 4.57 Å². The molecule has 0 aromatic heterocycles. The summed E-state index contributed by atoms with van der Waals surface area (Å²) in [7, 11) is 0. The standard InChI is InChI=1S/C4H6ClO2PS/c1-3-7-8(5,6)9-4-2/h3-4H,1-2H2. The molecule has 0 aromatic rings.